The lowest BCUT2D eigenvalue weighted by atomic mass is 9.76. The van der Waals surface area contributed by atoms with Gasteiger partial charge in [-0.05, 0) is 155 Å². The van der Waals surface area contributed by atoms with Crippen molar-refractivity contribution in [2.75, 3.05) is 11.9 Å². The highest BCUT2D eigenvalue weighted by molar-refractivity contribution is 6.17. The molecule has 12 rings (SSSR count). The van der Waals surface area contributed by atoms with Crippen molar-refractivity contribution in [2.45, 2.75) is 46.0 Å². The third kappa shape index (κ3) is 6.72. The summed E-state index contributed by atoms with van der Waals surface area (Å²) in [5, 5.41) is 4.85. The Bertz CT molecular complexity index is 3490. The zero-order valence-corrected chi connectivity index (χ0v) is 37.4. The summed E-state index contributed by atoms with van der Waals surface area (Å²) in [5.74, 6) is 0.925. The largest absolute Gasteiger partial charge is 0.456 e. The molecule has 65 heavy (non-hydrogen) atoms. The average Bonchev–Trinajstić information content (AvgIpc) is 3.77. The maximum absolute atomic E-state index is 6.28. The van der Waals surface area contributed by atoms with Gasteiger partial charge in [0.2, 0.25) is 0 Å². The summed E-state index contributed by atoms with van der Waals surface area (Å²) >= 11 is 0. The molecular formula is C62H52N2O. The molecule has 1 atom stereocenters. The van der Waals surface area contributed by atoms with Crippen molar-refractivity contribution < 1.29 is 4.42 Å². The van der Waals surface area contributed by atoms with Gasteiger partial charge in [0, 0.05) is 51.2 Å². The SMILES string of the molecule is Cc1ccc(N(C)c2ccc3c(c2C2=CC(c4ccc5oc6ccccc6c5c4)=CCC2C)c2ccccc2n3-c2ccc(-c3ccccc3)cc2)cc1C1=C(C2CCC2)C=CCC=C1. The van der Waals surface area contributed by atoms with Gasteiger partial charge in [0.15, 0.2) is 0 Å². The molecule has 1 saturated carbocycles. The van der Waals surface area contributed by atoms with Gasteiger partial charge in [-0.15, -0.1) is 0 Å². The van der Waals surface area contributed by atoms with Gasteiger partial charge in [-0.3, -0.25) is 0 Å². The van der Waals surface area contributed by atoms with Gasteiger partial charge in [-0.2, -0.15) is 0 Å². The second-order valence-corrected chi connectivity index (χ2v) is 18.4. The molecule has 0 bridgehead atoms. The van der Waals surface area contributed by atoms with E-state index in [2.05, 4.69) is 212 Å². The second kappa shape index (κ2) is 16.0. The van der Waals surface area contributed by atoms with Crippen LogP contribution < -0.4 is 4.90 Å². The number of allylic oxidation sites excluding steroid dienone is 10. The maximum Gasteiger partial charge on any atom is 0.135 e. The number of aromatic nitrogens is 1. The van der Waals surface area contributed by atoms with E-state index in [9.17, 15) is 0 Å². The third-order valence-corrected chi connectivity index (χ3v) is 14.6. The molecule has 0 radical (unpaired) electrons. The highest BCUT2D eigenvalue weighted by Crippen LogP contribution is 2.48. The first-order valence-corrected chi connectivity index (χ1v) is 23.5. The summed E-state index contributed by atoms with van der Waals surface area (Å²) in [5.41, 5.74) is 20.9. The normalized spacial score (nSPS) is 16.6. The van der Waals surface area contributed by atoms with Crippen LogP contribution in [0.15, 0.2) is 198 Å². The Labute approximate surface area is 381 Å². The first-order valence-electron chi connectivity index (χ1n) is 23.5. The number of hydrogen-bond acceptors (Lipinski definition) is 2. The van der Waals surface area contributed by atoms with Gasteiger partial charge in [-0.25, -0.2) is 0 Å². The summed E-state index contributed by atoms with van der Waals surface area (Å²) in [6.07, 6.45) is 20.2. The van der Waals surface area contributed by atoms with Gasteiger partial charge in [0.25, 0.3) is 0 Å². The third-order valence-electron chi connectivity index (χ3n) is 14.6. The van der Waals surface area contributed by atoms with Crippen molar-refractivity contribution in [3.05, 3.63) is 216 Å². The lowest BCUT2D eigenvalue weighted by Gasteiger charge is -2.30. The zero-order valence-electron chi connectivity index (χ0n) is 37.4. The molecule has 3 aliphatic rings. The van der Waals surface area contributed by atoms with Crippen LogP contribution in [0.1, 0.15) is 61.3 Å². The smallest absolute Gasteiger partial charge is 0.135 e. The Morgan fingerprint density at radius 3 is 2.22 bits per heavy atom. The van der Waals surface area contributed by atoms with Crippen LogP contribution in [-0.4, -0.2) is 11.6 Å². The number of anilines is 2. The zero-order chi connectivity index (χ0) is 43.6. The Morgan fingerprint density at radius 1 is 0.646 bits per heavy atom. The van der Waals surface area contributed by atoms with E-state index >= 15 is 0 Å². The highest BCUT2D eigenvalue weighted by atomic mass is 16.3. The molecule has 0 aliphatic heterocycles. The van der Waals surface area contributed by atoms with Crippen LogP contribution in [0.2, 0.25) is 0 Å². The monoisotopic (exact) mass is 840 g/mol. The van der Waals surface area contributed by atoms with Crippen molar-refractivity contribution in [1.82, 2.24) is 4.57 Å². The maximum atomic E-state index is 6.28. The minimum absolute atomic E-state index is 0.286. The highest BCUT2D eigenvalue weighted by Gasteiger charge is 2.28. The lowest BCUT2D eigenvalue weighted by Crippen LogP contribution is -2.15. The van der Waals surface area contributed by atoms with Crippen LogP contribution in [0, 0.1) is 18.8 Å². The molecule has 3 nitrogen and oxygen atoms in total. The Balaban J connectivity index is 1.07. The predicted molar refractivity (Wildman–Crippen MR) is 276 cm³/mol. The van der Waals surface area contributed by atoms with Crippen LogP contribution in [0.4, 0.5) is 11.4 Å². The van der Waals surface area contributed by atoms with Crippen molar-refractivity contribution in [2.24, 2.45) is 11.8 Å². The fourth-order valence-electron chi connectivity index (χ4n) is 10.8. The summed E-state index contributed by atoms with van der Waals surface area (Å²) in [7, 11) is 2.27. The average molecular weight is 841 g/mol. The van der Waals surface area contributed by atoms with E-state index in [0.717, 1.165) is 40.5 Å². The number of furan rings is 1. The first kappa shape index (κ1) is 39.2. The standard InChI is InChI=1S/C62H52N2O/c1-40-26-31-48(39-53(40)50-20-9-5-8-19-49(50)44-17-14-18-44)63(3)57-34-35-58-61(52-22-10-12-23-56(52)64(58)47-32-28-43(29-33-47)42-15-6-4-7-16-42)62(57)54-37-45(27-25-41(54)2)46-30-36-60-55(38-46)51-21-11-13-24-59(51)65-60/h4,6-13,15-16,19-24,26-39,41,44H,5,14,17-18,25H2,1-3H3. The van der Waals surface area contributed by atoms with Gasteiger partial charge < -0.3 is 13.9 Å². The summed E-state index contributed by atoms with van der Waals surface area (Å²) in [6.45, 7) is 4.68. The van der Waals surface area contributed by atoms with Gasteiger partial charge in [-0.1, -0.05) is 141 Å². The van der Waals surface area contributed by atoms with Crippen LogP contribution in [0.3, 0.4) is 0 Å². The molecule has 7 aromatic carbocycles. The Hall–Kier alpha value is -7.36. The van der Waals surface area contributed by atoms with Crippen LogP contribution in [0.5, 0.6) is 0 Å². The van der Waals surface area contributed by atoms with Crippen LogP contribution in [-0.2, 0) is 0 Å². The fourth-order valence-corrected chi connectivity index (χ4v) is 10.8. The van der Waals surface area contributed by atoms with Crippen molar-refractivity contribution >= 4 is 71.8 Å². The Morgan fingerprint density at radius 2 is 1.38 bits per heavy atom. The van der Waals surface area contributed by atoms with E-state index < -0.39 is 0 Å². The molecule has 3 heteroatoms. The van der Waals surface area contributed by atoms with Gasteiger partial charge in [0.05, 0.1) is 11.0 Å². The minimum atomic E-state index is 0.286. The summed E-state index contributed by atoms with van der Waals surface area (Å²) in [4.78, 5) is 2.45. The molecule has 0 N–H and O–H groups in total. The van der Waals surface area contributed by atoms with E-state index in [-0.39, 0.29) is 5.92 Å². The van der Waals surface area contributed by atoms with Gasteiger partial charge >= 0.3 is 0 Å². The topological polar surface area (TPSA) is 21.3 Å². The van der Waals surface area contributed by atoms with Crippen molar-refractivity contribution in [3.63, 3.8) is 0 Å². The number of para-hydroxylation sites is 2. The molecule has 0 saturated heterocycles. The van der Waals surface area contributed by atoms with Crippen molar-refractivity contribution in [1.29, 1.82) is 0 Å². The van der Waals surface area contributed by atoms with E-state index in [1.54, 1.807) is 0 Å². The lowest BCUT2D eigenvalue weighted by molar-refractivity contribution is 0.375. The molecule has 316 valence electrons. The molecule has 0 amide bonds. The number of benzene rings is 7. The van der Waals surface area contributed by atoms with Crippen LogP contribution >= 0.6 is 0 Å². The molecule has 1 fully saturated rings. The fraction of sp³-hybridized carbons (Fsp3) is 0.161. The molecule has 2 aromatic heterocycles. The summed E-state index contributed by atoms with van der Waals surface area (Å²) < 4.78 is 8.75. The molecule has 3 aliphatic carbocycles. The molecule has 2 heterocycles. The number of rotatable bonds is 8. The van der Waals surface area contributed by atoms with Crippen molar-refractivity contribution in [3.8, 4) is 16.8 Å². The van der Waals surface area contributed by atoms with Crippen LogP contribution in [0.25, 0.3) is 77.3 Å². The second-order valence-electron chi connectivity index (χ2n) is 18.4. The first-order chi connectivity index (χ1) is 32.0. The molecule has 1 unspecified atom stereocenters. The van der Waals surface area contributed by atoms with Gasteiger partial charge in [0.1, 0.15) is 11.2 Å². The quantitative estimate of drug-likeness (QED) is 0.152. The number of fused-ring (bicyclic) bond motifs is 6. The molecule has 0 spiro atoms. The van der Waals surface area contributed by atoms with E-state index in [4.69, 9.17) is 4.42 Å². The van der Waals surface area contributed by atoms with E-state index in [1.165, 1.54) is 108 Å². The molecular weight excluding hydrogens is 789 g/mol. The number of hydrogen-bond donors (Lipinski definition) is 0. The minimum Gasteiger partial charge on any atom is -0.456 e. The predicted octanol–water partition coefficient (Wildman–Crippen LogP) is 17.0. The van der Waals surface area contributed by atoms with E-state index in [1.807, 2.05) is 6.07 Å². The Kier molecular flexibility index (Phi) is 9.67. The number of aryl methyl sites for hydroxylation is 1. The summed E-state index contributed by atoms with van der Waals surface area (Å²) in [6, 6.07) is 55.7. The molecule has 9 aromatic rings. The van der Waals surface area contributed by atoms with E-state index in [0.29, 0.717) is 5.92 Å². The number of nitrogens with zero attached hydrogens (tertiary/aromatic N) is 2.